The lowest BCUT2D eigenvalue weighted by molar-refractivity contribution is 0.0377. The molecule has 0 bridgehead atoms. The predicted octanol–water partition coefficient (Wildman–Crippen LogP) is 3.09. The van der Waals surface area contributed by atoms with Gasteiger partial charge < -0.3 is 19.3 Å². The van der Waals surface area contributed by atoms with E-state index in [-0.39, 0.29) is 30.4 Å². The van der Waals surface area contributed by atoms with E-state index in [2.05, 4.69) is 4.98 Å². The number of hydrogen-bond acceptors (Lipinski definition) is 7. The normalized spacial score (nSPS) is 10.7. The van der Waals surface area contributed by atoms with Crippen molar-refractivity contribution in [1.82, 2.24) is 4.98 Å². The molecular formula is C21H25NO6. The molecule has 7 nitrogen and oxygen atoms in total. The minimum atomic E-state index is -0.682. The number of aromatic nitrogens is 1. The molecule has 1 aromatic carbocycles. The van der Waals surface area contributed by atoms with Gasteiger partial charge in [-0.3, -0.25) is 4.98 Å². The number of para-hydroxylation sites is 1. The van der Waals surface area contributed by atoms with Crippen LogP contribution in [0.2, 0.25) is 0 Å². The number of carbonyl (C=O) groups excluding carboxylic acids is 2. The van der Waals surface area contributed by atoms with Crippen LogP contribution in [0.5, 0.6) is 5.75 Å². The van der Waals surface area contributed by atoms with Crippen molar-refractivity contribution < 1.29 is 28.9 Å². The first kappa shape index (κ1) is 21.4. The molecule has 0 atom stereocenters. The molecule has 28 heavy (non-hydrogen) atoms. The summed E-state index contributed by atoms with van der Waals surface area (Å²) in [5.74, 6) is -0.780. The molecule has 0 unspecified atom stereocenters. The summed E-state index contributed by atoms with van der Waals surface area (Å²) in [6, 6.07) is 7.06. The molecule has 2 aromatic rings. The highest BCUT2D eigenvalue weighted by atomic mass is 16.5. The van der Waals surface area contributed by atoms with Crippen LogP contribution in [-0.2, 0) is 9.47 Å². The van der Waals surface area contributed by atoms with Gasteiger partial charge in [0.2, 0.25) is 0 Å². The smallest absolute Gasteiger partial charge is 0.340 e. The fourth-order valence-corrected chi connectivity index (χ4v) is 2.95. The lowest BCUT2D eigenvalue weighted by atomic mass is 9.92. The summed E-state index contributed by atoms with van der Waals surface area (Å²) in [6.07, 6.45) is -0.344. The topological polar surface area (TPSA) is 95.0 Å². The Balaban J connectivity index is 2.85. The van der Waals surface area contributed by atoms with Gasteiger partial charge in [-0.25, -0.2) is 9.59 Å². The molecule has 150 valence electrons. The van der Waals surface area contributed by atoms with Crippen LogP contribution in [0.1, 0.15) is 46.0 Å². The lowest BCUT2D eigenvalue weighted by Crippen LogP contribution is -2.20. The highest BCUT2D eigenvalue weighted by Crippen LogP contribution is 2.37. The zero-order valence-corrected chi connectivity index (χ0v) is 16.7. The van der Waals surface area contributed by atoms with Crippen LogP contribution in [0, 0.1) is 13.8 Å². The second kappa shape index (κ2) is 9.32. The molecule has 0 amide bonds. The summed E-state index contributed by atoms with van der Waals surface area (Å²) in [7, 11) is 1.51. The molecule has 1 heterocycles. The van der Waals surface area contributed by atoms with Crippen LogP contribution in [-0.4, -0.2) is 48.5 Å². The third-order valence-electron chi connectivity index (χ3n) is 4.01. The first-order chi connectivity index (χ1) is 13.3. The van der Waals surface area contributed by atoms with Crippen molar-refractivity contribution in [3.8, 4) is 16.9 Å². The molecule has 0 spiro atoms. The molecule has 7 heteroatoms. The molecule has 0 fully saturated rings. The largest absolute Gasteiger partial charge is 0.496 e. The minimum Gasteiger partial charge on any atom is -0.496 e. The number of aliphatic hydroxyl groups is 1. The number of esters is 2. The van der Waals surface area contributed by atoms with E-state index in [1.807, 2.05) is 0 Å². The number of rotatable bonds is 7. The number of carbonyl (C=O) groups is 2. The van der Waals surface area contributed by atoms with Gasteiger partial charge in [0.1, 0.15) is 12.4 Å². The van der Waals surface area contributed by atoms with Gasteiger partial charge in [0.15, 0.2) is 0 Å². The van der Waals surface area contributed by atoms with Crippen LogP contribution in [0.25, 0.3) is 11.1 Å². The van der Waals surface area contributed by atoms with E-state index >= 15 is 0 Å². The van der Waals surface area contributed by atoms with E-state index in [9.17, 15) is 9.59 Å². The fraction of sp³-hybridized carbons (Fsp3) is 0.381. The predicted molar refractivity (Wildman–Crippen MR) is 104 cm³/mol. The molecule has 0 radical (unpaired) electrons. The molecule has 1 N–H and O–H groups in total. The zero-order chi connectivity index (χ0) is 20.8. The summed E-state index contributed by atoms with van der Waals surface area (Å²) < 4.78 is 16.0. The van der Waals surface area contributed by atoms with E-state index in [0.29, 0.717) is 28.3 Å². The molecular weight excluding hydrogens is 362 g/mol. The van der Waals surface area contributed by atoms with Crippen LogP contribution >= 0.6 is 0 Å². The highest BCUT2D eigenvalue weighted by Gasteiger charge is 2.29. The number of nitrogens with zero attached hydrogens (tertiary/aromatic N) is 1. The molecule has 1 aromatic heterocycles. The Morgan fingerprint density at radius 3 is 2.25 bits per heavy atom. The number of hydrogen-bond donors (Lipinski definition) is 1. The van der Waals surface area contributed by atoms with Gasteiger partial charge in [0, 0.05) is 11.1 Å². The summed E-state index contributed by atoms with van der Waals surface area (Å²) in [6.45, 7) is 6.37. The molecule has 0 saturated carbocycles. The average molecular weight is 387 g/mol. The maximum atomic E-state index is 12.9. The standard InChI is InChI=1S/C21H25NO6/c1-12(2)28-21(25)18-14(4)22-13(3)17(20(24)27-11-10-23)19(18)15-8-6-7-9-16(15)26-5/h6-9,12,23H,10-11H2,1-5H3. The van der Waals surface area contributed by atoms with Crippen molar-refractivity contribution in [3.05, 3.63) is 46.8 Å². The zero-order valence-electron chi connectivity index (χ0n) is 16.7. The van der Waals surface area contributed by atoms with Crippen LogP contribution in [0.4, 0.5) is 0 Å². The van der Waals surface area contributed by atoms with Crippen molar-refractivity contribution in [3.63, 3.8) is 0 Å². The van der Waals surface area contributed by atoms with Crippen molar-refractivity contribution >= 4 is 11.9 Å². The first-order valence-corrected chi connectivity index (χ1v) is 8.95. The van der Waals surface area contributed by atoms with Crippen LogP contribution in [0.3, 0.4) is 0 Å². The third-order valence-corrected chi connectivity index (χ3v) is 4.01. The summed E-state index contributed by atoms with van der Waals surface area (Å²) in [5, 5.41) is 9.00. The van der Waals surface area contributed by atoms with Crippen molar-refractivity contribution in [2.24, 2.45) is 0 Å². The number of pyridine rings is 1. The molecule has 0 saturated heterocycles. The van der Waals surface area contributed by atoms with Crippen molar-refractivity contribution in [2.75, 3.05) is 20.3 Å². The highest BCUT2D eigenvalue weighted by molar-refractivity contribution is 6.08. The second-order valence-electron chi connectivity index (χ2n) is 6.42. The number of ether oxygens (including phenoxy) is 3. The Hall–Kier alpha value is -2.93. The summed E-state index contributed by atoms with van der Waals surface area (Å²) >= 11 is 0. The Kier molecular flexibility index (Phi) is 7.12. The first-order valence-electron chi connectivity index (χ1n) is 8.95. The molecule has 2 rings (SSSR count). The maximum Gasteiger partial charge on any atom is 0.340 e. The maximum absolute atomic E-state index is 12.9. The SMILES string of the molecule is COc1ccccc1-c1c(C(=O)OCCO)c(C)nc(C)c1C(=O)OC(C)C. The molecule has 0 aliphatic rings. The average Bonchev–Trinajstić information content (AvgIpc) is 2.64. The number of methoxy groups -OCH3 is 1. The minimum absolute atomic E-state index is 0.138. The molecule has 0 aliphatic heterocycles. The Morgan fingerprint density at radius 1 is 1.07 bits per heavy atom. The van der Waals surface area contributed by atoms with Gasteiger partial charge in [0.25, 0.3) is 0 Å². The quantitative estimate of drug-likeness (QED) is 0.730. The van der Waals surface area contributed by atoms with E-state index < -0.39 is 11.9 Å². The van der Waals surface area contributed by atoms with Gasteiger partial charge >= 0.3 is 11.9 Å². The Morgan fingerprint density at radius 2 is 1.68 bits per heavy atom. The Labute approximate surface area is 164 Å². The fourth-order valence-electron chi connectivity index (χ4n) is 2.95. The number of benzene rings is 1. The van der Waals surface area contributed by atoms with Gasteiger partial charge in [-0.2, -0.15) is 0 Å². The second-order valence-corrected chi connectivity index (χ2v) is 6.42. The van der Waals surface area contributed by atoms with Gasteiger partial charge in [-0.1, -0.05) is 18.2 Å². The number of aliphatic hydroxyl groups excluding tert-OH is 1. The third kappa shape index (κ3) is 4.48. The van der Waals surface area contributed by atoms with E-state index in [1.165, 1.54) is 7.11 Å². The summed E-state index contributed by atoms with van der Waals surface area (Å²) in [4.78, 5) is 30.0. The van der Waals surface area contributed by atoms with Crippen LogP contribution < -0.4 is 4.74 Å². The van der Waals surface area contributed by atoms with E-state index in [0.717, 1.165) is 0 Å². The van der Waals surface area contributed by atoms with Gasteiger partial charge in [-0.15, -0.1) is 0 Å². The Bertz CT molecular complexity index is 875. The molecule has 0 aliphatic carbocycles. The van der Waals surface area contributed by atoms with Crippen molar-refractivity contribution in [1.29, 1.82) is 0 Å². The van der Waals surface area contributed by atoms with Crippen LogP contribution in [0.15, 0.2) is 24.3 Å². The lowest BCUT2D eigenvalue weighted by Gasteiger charge is -2.20. The van der Waals surface area contributed by atoms with E-state index in [4.69, 9.17) is 19.3 Å². The monoisotopic (exact) mass is 387 g/mol. The van der Waals surface area contributed by atoms with Gasteiger partial charge in [0.05, 0.1) is 42.3 Å². The van der Waals surface area contributed by atoms with Crippen molar-refractivity contribution in [2.45, 2.75) is 33.8 Å². The van der Waals surface area contributed by atoms with Gasteiger partial charge in [-0.05, 0) is 33.8 Å². The summed E-state index contributed by atoms with van der Waals surface area (Å²) in [5.41, 5.74) is 2.05. The number of aryl methyl sites for hydroxylation is 2. The van der Waals surface area contributed by atoms with E-state index in [1.54, 1.807) is 52.0 Å².